The Kier molecular flexibility index (Phi) is 5.36. The Morgan fingerprint density at radius 2 is 2.00 bits per heavy atom. The quantitative estimate of drug-likeness (QED) is 0.647. The molecule has 0 saturated carbocycles. The molecular formula is C22H27FN4S. The van der Waals surface area contributed by atoms with Crippen molar-refractivity contribution >= 4 is 11.3 Å². The van der Waals surface area contributed by atoms with Gasteiger partial charge in [-0.15, -0.1) is 11.3 Å². The van der Waals surface area contributed by atoms with Gasteiger partial charge in [0.2, 0.25) is 0 Å². The van der Waals surface area contributed by atoms with Gasteiger partial charge in [0.1, 0.15) is 11.5 Å². The van der Waals surface area contributed by atoms with Gasteiger partial charge in [-0.25, -0.2) is 9.07 Å². The lowest BCUT2D eigenvalue weighted by atomic mass is 10.1. The average molecular weight is 399 g/mol. The van der Waals surface area contributed by atoms with Crippen molar-refractivity contribution in [3.63, 3.8) is 0 Å². The number of hydrogen-bond acceptors (Lipinski definition) is 4. The SMILES string of the molecule is Cc1cc(-c2nn(-c3ccccc3F)cc2CN2CCN(C)[C@@H](C)C2)c(C)s1. The molecule has 3 heterocycles. The number of rotatable bonds is 4. The van der Waals surface area contributed by atoms with Crippen molar-refractivity contribution in [2.75, 3.05) is 26.7 Å². The number of aromatic nitrogens is 2. The Morgan fingerprint density at radius 3 is 2.68 bits per heavy atom. The second-order valence-corrected chi connectivity index (χ2v) is 9.25. The molecule has 1 aliphatic heterocycles. The van der Waals surface area contributed by atoms with Crippen molar-refractivity contribution in [2.24, 2.45) is 0 Å². The second-order valence-electron chi connectivity index (χ2n) is 7.79. The molecule has 28 heavy (non-hydrogen) atoms. The third-order valence-corrected chi connectivity index (χ3v) is 6.59. The minimum absolute atomic E-state index is 0.255. The third kappa shape index (κ3) is 3.77. The molecule has 1 saturated heterocycles. The summed E-state index contributed by atoms with van der Waals surface area (Å²) in [5, 5.41) is 4.83. The normalized spacial score (nSPS) is 18.7. The molecule has 4 nitrogen and oxygen atoms in total. The highest BCUT2D eigenvalue weighted by molar-refractivity contribution is 7.12. The number of nitrogens with zero attached hydrogens (tertiary/aromatic N) is 4. The smallest absolute Gasteiger partial charge is 0.148 e. The zero-order valence-electron chi connectivity index (χ0n) is 16.9. The molecule has 0 radical (unpaired) electrons. The van der Waals surface area contributed by atoms with E-state index in [1.807, 2.05) is 12.3 Å². The Balaban J connectivity index is 1.73. The predicted octanol–water partition coefficient (Wildman–Crippen LogP) is 4.49. The molecule has 0 amide bonds. The number of thiophene rings is 1. The van der Waals surface area contributed by atoms with E-state index >= 15 is 0 Å². The van der Waals surface area contributed by atoms with E-state index in [-0.39, 0.29) is 5.82 Å². The molecule has 3 aromatic rings. The van der Waals surface area contributed by atoms with Crippen LogP contribution in [-0.4, -0.2) is 52.3 Å². The van der Waals surface area contributed by atoms with E-state index in [1.165, 1.54) is 15.8 Å². The van der Waals surface area contributed by atoms with Crippen LogP contribution >= 0.6 is 11.3 Å². The molecule has 0 bridgehead atoms. The van der Waals surface area contributed by atoms with Crippen LogP contribution in [0.25, 0.3) is 16.9 Å². The van der Waals surface area contributed by atoms with Gasteiger partial charge in [-0.05, 0) is 46.0 Å². The van der Waals surface area contributed by atoms with Gasteiger partial charge >= 0.3 is 0 Å². The highest BCUT2D eigenvalue weighted by Crippen LogP contribution is 2.33. The van der Waals surface area contributed by atoms with Gasteiger partial charge in [0.15, 0.2) is 0 Å². The van der Waals surface area contributed by atoms with Gasteiger partial charge in [0, 0.05) is 59.3 Å². The van der Waals surface area contributed by atoms with Crippen LogP contribution in [0, 0.1) is 19.7 Å². The van der Waals surface area contributed by atoms with Gasteiger partial charge in [0.25, 0.3) is 0 Å². The first-order valence-electron chi connectivity index (χ1n) is 9.76. The highest BCUT2D eigenvalue weighted by atomic mass is 32.1. The topological polar surface area (TPSA) is 24.3 Å². The van der Waals surface area contributed by atoms with Crippen LogP contribution in [-0.2, 0) is 6.54 Å². The fourth-order valence-electron chi connectivity index (χ4n) is 3.89. The minimum Gasteiger partial charge on any atom is -0.301 e. The number of benzene rings is 1. The van der Waals surface area contributed by atoms with Crippen molar-refractivity contribution in [3.8, 4) is 16.9 Å². The summed E-state index contributed by atoms with van der Waals surface area (Å²) in [5.74, 6) is -0.255. The number of halogens is 1. The van der Waals surface area contributed by atoms with Gasteiger partial charge in [0.05, 0.1) is 5.69 Å². The van der Waals surface area contributed by atoms with Crippen LogP contribution in [0.2, 0.25) is 0 Å². The zero-order valence-corrected chi connectivity index (χ0v) is 17.8. The van der Waals surface area contributed by atoms with Crippen LogP contribution in [0.5, 0.6) is 0 Å². The van der Waals surface area contributed by atoms with Crippen LogP contribution < -0.4 is 0 Å². The third-order valence-electron chi connectivity index (χ3n) is 5.62. The first-order valence-corrected chi connectivity index (χ1v) is 10.6. The minimum atomic E-state index is -0.255. The van der Waals surface area contributed by atoms with Crippen LogP contribution in [0.4, 0.5) is 4.39 Å². The second kappa shape index (κ2) is 7.78. The predicted molar refractivity (Wildman–Crippen MR) is 114 cm³/mol. The summed E-state index contributed by atoms with van der Waals surface area (Å²) >= 11 is 1.78. The summed E-state index contributed by atoms with van der Waals surface area (Å²) in [6.07, 6.45) is 2.00. The maximum Gasteiger partial charge on any atom is 0.148 e. The fraction of sp³-hybridized carbons (Fsp3) is 0.409. The first kappa shape index (κ1) is 19.3. The maximum absolute atomic E-state index is 14.4. The monoisotopic (exact) mass is 398 g/mol. The lowest BCUT2D eigenvalue weighted by molar-refractivity contribution is 0.100. The van der Waals surface area contributed by atoms with Crippen molar-refractivity contribution in [1.29, 1.82) is 0 Å². The highest BCUT2D eigenvalue weighted by Gasteiger charge is 2.24. The average Bonchev–Trinajstić information content (AvgIpc) is 3.21. The molecule has 0 aliphatic carbocycles. The number of aryl methyl sites for hydroxylation is 2. The van der Waals surface area contributed by atoms with Gasteiger partial charge in [-0.3, -0.25) is 4.90 Å². The molecule has 1 fully saturated rings. The summed E-state index contributed by atoms with van der Waals surface area (Å²) in [6.45, 7) is 10.5. The molecule has 1 aromatic carbocycles. The van der Waals surface area contributed by atoms with Crippen LogP contribution in [0.1, 0.15) is 22.2 Å². The summed E-state index contributed by atoms with van der Waals surface area (Å²) in [7, 11) is 2.18. The number of hydrogen-bond donors (Lipinski definition) is 0. The summed E-state index contributed by atoms with van der Waals surface area (Å²) < 4.78 is 16.1. The van der Waals surface area contributed by atoms with Crippen molar-refractivity contribution in [1.82, 2.24) is 19.6 Å². The number of likely N-dealkylation sites (N-methyl/N-ethyl adjacent to an activating group) is 1. The molecule has 2 aromatic heterocycles. The maximum atomic E-state index is 14.4. The molecule has 0 N–H and O–H groups in total. The molecule has 0 spiro atoms. The number of para-hydroxylation sites is 1. The van der Waals surface area contributed by atoms with Crippen molar-refractivity contribution < 1.29 is 4.39 Å². The van der Waals surface area contributed by atoms with E-state index in [1.54, 1.807) is 28.2 Å². The largest absolute Gasteiger partial charge is 0.301 e. The Hall–Kier alpha value is -2.02. The lowest BCUT2D eigenvalue weighted by Crippen LogP contribution is -2.49. The van der Waals surface area contributed by atoms with E-state index in [9.17, 15) is 4.39 Å². The molecular weight excluding hydrogens is 371 g/mol. The molecule has 6 heteroatoms. The lowest BCUT2D eigenvalue weighted by Gasteiger charge is -2.37. The van der Waals surface area contributed by atoms with Crippen LogP contribution in [0.3, 0.4) is 0 Å². The Bertz CT molecular complexity index is 977. The molecule has 4 rings (SSSR count). The summed E-state index contributed by atoms with van der Waals surface area (Å²) in [6, 6.07) is 9.55. The van der Waals surface area contributed by atoms with E-state index in [2.05, 4.69) is 43.7 Å². The standard InChI is InChI=1S/C22H27FN4S/c1-15-12-26(10-9-25(15)4)13-18-14-27(21-8-6-5-7-20(21)23)24-22(18)19-11-16(2)28-17(19)3/h5-8,11,14-15H,9-10,12-13H2,1-4H3/t15-/m0/s1. The zero-order chi connectivity index (χ0) is 19.8. The van der Waals surface area contributed by atoms with Crippen LogP contribution in [0.15, 0.2) is 36.5 Å². The summed E-state index contributed by atoms with van der Waals surface area (Å²) in [5.41, 5.74) is 3.78. The fourth-order valence-corrected chi connectivity index (χ4v) is 4.81. The van der Waals surface area contributed by atoms with Crippen molar-refractivity contribution in [3.05, 3.63) is 57.7 Å². The van der Waals surface area contributed by atoms with E-state index in [4.69, 9.17) is 5.10 Å². The van der Waals surface area contributed by atoms with E-state index < -0.39 is 0 Å². The number of piperazine rings is 1. The van der Waals surface area contributed by atoms with Gasteiger partial charge in [-0.1, -0.05) is 12.1 Å². The van der Waals surface area contributed by atoms with E-state index in [0.717, 1.165) is 43.0 Å². The van der Waals surface area contributed by atoms with Gasteiger partial charge < -0.3 is 4.90 Å². The summed E-state index contributed by atoms with van der Waals surface area (Å²) in [4.78, 5) is 7.40. The van der Waals surface area contributed by atoms with Crippen molar-refractivity contribution in [2.45, 2.75) is 33.4 Å². The van der Waals surface area contributed by atoms with E-state index in [0.29, 0.717) is 11.7 Å². The Morgan fingerprint density at radius 1 is 1.21 bits per heavy atom. The first-order chi connectivity index (χ1) is 13.4. The Labute approximate surface area is 170 Å². The molecule has 0 unspecified atom stereocenters. The molecule has 1 aliphatic rings. The molecule has 148 valence electrons. The van der Waals surface area contributed by atoms with Gasteiger partial charge in [-0.2, -0.15) is 5.10 Å². The molecule has 1 atom stereocenters.